The number of aliphatic carboxylic acids is 1. The molecule has 2 unspecified atom stereocenters. The van der Waals surface area contributed by atoms with E-state index in [2.05, 4.69) is 39.9 Å². The Labute approximate surface area is 207 Å². The molecule has 2 amide bonds. The van der Waals surface area contributed by atoms with Gasteiger partial charge in [0.15, 0.2) is 0 Å². The first-order valence-electron chi connectivity index (χ1n) is 11.5. The van der Waals surface area contributed by atoms with Crippen molar-refractivity contribution >= 4 is 29.3 Å². The molecule has 4 rings (SSSR count). The van der Waals surface area contributed by atoms with E-state index < -0.39 is 30.1 Å². The molecule has 182 valence electrons. The Hall–Kier alpha value is -3.72. The molecule has 2 aromatic carbocycles. The zero-order valence-corrected chi connectivity index (χ0v) is 20.3. The van der Waals surface area contributed by atoms with E-state index in [0.29, 0.717) is 11.4 Å². The Bertz CT molecular complexity index is 1200. The summed E-state index contributed by atoms with van der Waals surface area (Å²) in [6.45, 7) is 3.78. The molecule has 1 aliphatic carbocycles. The van der Waals surface area contributed by atoms with Crippen LogP contribution in [0.15, 0.2) is 53.9 Å². The van der Waals surface area contributed by atoms with Crippen LogP contribution < -0.4 is 10.6 Å². The van der Waals surface area contributed by atoms with Crippen LogP contribution in [0.4, 0.5) is 4.79 Å². The number of aromatic nitrogens is 1. The number of hydrogen-bond donors (Lipinski definition) is 3. The Kier molecular flexibility index (Phi) is 7.45. The normalized spacial score (nSPS) is 13.9. The maximum Gasteiger partial charge on any atom is 0.407 e. The maximum absolute atomic E-state index is 12.5. The van der Waals surface area contributed by atoms with Crippen molar-refractivity contribution in [2.75, 3.05) is 6.61 Å². The first kappa shape index (κ1) is 24.4. The molecule has 0 aliphatic heterocycles. The van der Waals surface area contributed by atoms with Crippen molar-refractivity contribution in [1.82, 2.24) is 15.6 Å². The molecule has 9 heteroatoms. The van der Waals surface area contributed by atoms with Crippen molar-refractivity contribution in [1.29, 1.82) is 0 Å². The number of nitrogens with one attached hydrogen (secondary N) is 2. The highest BCUT2D eigenvalue weighted by atomic mass is 32.1. The lowest BCUT2D eigenvalue weighted by atomic mass is 9.98. The van der Waals surface area contributed by atoms with E-state index in [0.717, 1.165) is 22.3 Å². The van der Waals surface area contributed by atoms with E-state index in [9.17, 15) is 14.4 Å². The van der Waals surface area contributed by atoms with Crippen molar-refractivity contribution in [3.8, 4) is 11.1 Å². The Morgan fingerprint density at radius 2 is 1.69 bits per heavy atom. The van der Waals surface area contributed by atoms with E-state index in [-0.39, 0.29) is 24.6 Å². The molecule has 0 saturated heterocycles. The topological polar surface area (TPSA) is 118 Å². The molecule has 0 spiro atoms. The van der Waals surface area contributed by atoms with E-state index in [1.165, 1.54) is 11.3 Å². The molecule has 0 radical (unpaired) electrons. The molecule has 0 fully saturated rings. The van der Waals surface area contributed by atoms with Crippen LogP contribution in [0.5, 0.6) is 0 Å². The number of carbonyl (C=O) groups excluding carboxylic acids is 2. The molecule has 2 atom stereocenters. The number of amides is 2. The fraction of sp³-hybridized carbons (Fsp3) is 0.308. The number of carbonyl (C=O) groups is 3. The van der Waals surface area contributed by atoms with Gasteiger partial charge in [0.05, 0.1) is 12.5 Å². The van der Waals surface area contributed by atoms with Gasteiger partial charge in [-0.05, 0) is 35.6 Å². The van der Waals surface area contributed by atoms with Crippen LogP contribution in [0.3, 0.4) is 0 Å². The fourth-order valence-electron chi connectivity index (χ4n) is 4.24. The van der Waals surface area contributed by atoms with Crippen LogP contribution in [0.2, 0.25) is 0 Å². The van der Waals surface area contributed by atoms with E-state index >= 15 is 0 Å². The van der Waals surface area contributed by atoms with Crippen LogP contribution >= 0.6 is 11.3 Å². The van der Waals surface area contributed by atoms with Crippen LogP contribution in [0.25, 0.3) is 11.1 Å². The minimum Gasteiger partial charge on any atom is -0.481 e. The number of carboxylic acid groups (broad SMARTS) is 1. The third-order valence-corrected chi connectivity index (χ3v) is 7.08. The van der Waals surface area contributed by atoms with Gasteiger partial charge in [-0.25, -0.2) is 9.78 Å². The van der Waals surface area contributed by atoms with Crippen LogP contribution in [0.1, 0.15) is 65.3 Å². The Morgan fingerprint density at radius 3 is 2.29 bits per heavy atom. The van der Waals surface area contributed by atoms with Gasteiger partial charge >= 0.3 is 12.1 Å². The summed E-state index contributed by atoms with van der Waals surface area (Å²) in [5, 5.41) is 16.6. The predicted molar refractivity (Wildman–Crippen MR) is 133 cm³/mol. The van der Waals surface area contributed by atoms with Crippen LogP contribution in [-0.2, 0) is 9.53 Å². The number of hydrogen-bond acceptors (Lipinski definition) is 6. The molecule has 35 heavy (non-hydrogen) atoms. The number of ether oxygens (including phenoxy) is 1. The van der Waals surface area contributed by atoms with E-state index in [1.54, 1.807) is 19.2 Å². The van der Waals surface area contributed by atoms with Gasteiger partial charge in [0.25, 0.3) is 5.91 Å². The summed E-state index contributed by atoms with van der Waals surface area (Å²) < 4.78 is 5.58. The van der Waals surface area contributed by atoms with Crippen molar-refractivity contribution < 1.29 is 24.2 Å². The summed E-state index contributed by atoms with van der Waals surface area (Å²) >= 11 is 1.24. The van der Waals surface area contributed by atoms with Gasteiger partial charge in [-0.2, -0.15) is 0 Å². The highest BCUT2D eigenvalue weighted by Crippen LogP contribution is 2.44. The number of fused-ring (bicyclic) bond motifs is 3. The third-order valence-electron chi connectivity index (χ3n) is 6.05. The Balaban J connectivity index is 1.34. The smallest absolute Gasteiger partial charge is 0.407 e. The molecule has 0 bridgehead atoms. The summed E-state index contributed by atoms with van der Waals surface area (Å²) in [6.07, 6.45) is -0.221. The van der Waals surface area contributed by atoms with Gasteiger partial charge in [-0.3, -0.25) is 9.59 Å². The van der Waals surface area contributed by atoms with Crippen LogP contribution in [0, 0.1) is 0 Å². The average molecular weight is 494 g/mol. The second kappa shape index (κ2) is 10.7. The van der Waals surface area contributed by atoms with Crippen molar-refractivity contribution in [3.05, 3.63) is 75.7 Å². The van der Waals surface area contributed by atoms with Crippen molar-refractivity contribution in [3.63, 3.8) is 0 Å². The van der Waals surface area contributed by atoms with Gasteiger partial charge in [-0.15, -0.1) is 11.3 Å². The summed E-state index contributed by atoms with van der Waals surface area (Å²) in [6, 6.07) is 15.3. The standard InChI is InChI=1S/C26H27N3O5S/c1-3-16(12-23(30)31)28-24(32)22-14-35-25(29-22)15(2)27-26(33)34-13-21-19-10-6-4-8-17(19)18-9-5-7-11-20(18)21/h4-11,14-16,21H,3,12-13H2,1-2H3,(H,27,33)(H,28,32)(H,30,31). The van der Waals surface area contributed by atoms with Crippen molar-refractivity contribution in [2.24, 2.45) is 0 Å². The molecule has 3 N–H and O–H groups in total. The van der Waals surface area contributed by atoms with E-state index in [4.69, 9.17) is 9.84 Å². The average Bonchev–Trinajstić information content (AvgIpc) is 3.46. The molecular formula is C26H27N3O5S. The quantitative estimate of drug-likeness (QED) is 0.397. The molecule has 1 aromatic heterocycles. The number of alkyl carbamates (subject to hydrolysis) is 1. The van der Waals surface area contributed by atoms with Gasteiger partial charge < -0.3 is 20.5 Å². The highest BCUT2D eigenvalue weighted by Gasteiger charge is 2.29. The zero-order chi connectivity index (χ0) is 24.9. The van der Waals surface area contributed by atoms with Gasteiger partial charge in [0.2, 0.25) is 0 Å². The molecule has 1 aliphatic rings. The minimum absolute atomic E-state index is 0.0315. The predicted octanol–water partition coefficient (Wildman–Crippen LogP) is 4.73. The maximum atomic E-state index is 12.5. The summed E-state index contributed by atoms with van der Waals surface area (Å²) in [5.74, 6) is -1.44. The molecule has 8 nitrogen and oxygen atoms in total. The third kappa shape index (κ3) is 5.51. The van der Waals surface area contributed by atoms with Gasteiger partial charge in [0.1, 0.15) is 17.3 Å². The lowest BCUT2D eigenvalue weighted by Gasteiger charge is -2.16. The number of rotatable bonds is 9. The number of benzene rings is 2. The number of thiazole rings is 1. The largest absolute Gasteiger partial charge is 0.481 e. The molecule has 3 aromatic rings. The number of carboxylic acids is 1. The summed E-state index contributed by atoms with van der Waals surface area (Å²) in [5.41, 5.74) is 4.78. The highest BCUT2D eigenvalue weighted by molar-refractivity contribution is 7.09. The summed E-state index contributed by atoms with van der Waals surface area (Å²) in [7, 11) is 0. The molecule has 1 heterocycles. The number of nitrogens with zero attached hydrogens (tertiary/aromatic N) is 1. The van der Waals surface area contributed by atoms with Crippen LogP contribution in [-0.4, -0.2) is 40.7 Å². The monoisotopic (exact) mass is 493 g/mol. The molecular weight excluding hydrogens is 466 g/mol. The molecule has 0 saturated carbocycles. The first-order valence-corrected chi connectivity index (χ1v) is 12.3. The SMILES string of the molecule is CCC(CC(=O)O)NC(=O)c1csc(C(C)NC(=O)OCC2c3ccccc3-c3ccccc32)n1. The lowest BCUT2D eigenvalue weighted by molar-refractivity contribution is -0.137. The minimum atomic E-state index is -0.975. The fourth-order valence-corrected chi connectivity index (χ4v) is 5.04. The zero-order valence-electron chi connectivity index (χ0n) is 19.5. The van der Waals surface area contributed by atoms with E-state index in [1.807, 2.05) is 24.3 Å². The first-order chi connectivity index (χ1) is 16.9. The second-order valence-corrected chi connectivity index (χ2v) is 9.33. The van der Waals surface area contributed by atoms with Crippen molar-refractivity contribution in [2.45, 2.75) is 44.7 Å². The lowest BCUT2D eigenvalue weighted by Crippen LogP contribution is -2.36. The van der Waals surface area contributed by atoms with Gasteiger partial charge in [0, 0.05) is 17.3 Å². The van der Waals surface area contributed by atoms with Gasteiger partial charge in [-0.1, -0.05) is 55.5 Å². The summed E-state index contributed by atoms with van der Waals surface area (Å²) in [4.78, 5) is 40.2. The Morgan fingerprint density at radius 1 is 1.06 bits per heavy atom. The second-order valence-electron chi connectivity index (χ2n) is 8.44.